The highest BCUT2D eigenvalue weighted by Gasteiger charge is 2.39. The second-order valence-electron chi connectivity index (χ2n) is 6.97. The van der Waals surface area contributed by atoms with E-state index in [0.717, 1.165) is 17.0 Å². The summed E-state index contributed by atoms with van der Waals surface area (Å²) in [7, 11) is -3.12. The first-order valence-corrected chi connectivity index (χ1v) is 11.6. The molecule has 1 fully saturated rings. The second kappa shape index (κ2) is 8.55. The number of nitrogens with zero attached hydrogens (tertiary/aromatic N) is 2. The van der Waals surface area contributed by atoms with Crippen molar-refractivity contribution >= 4 is 33.5 Å². The van der Waals surface area contributed by atoms with Gasteiger partial charge in [-0.05, 0) is 45.4 Å². The maximum Gasteiger partial charge on any atom is 0.306 e. The maximum atomic E-state index is 12.0. The van der Waals surface area contributed by atoms with E-state index in [1.165, 1.54) is 11.8 Å². The molecule has 10 heteroatoms. The van der Waals surface area contributed by atoms with Crippen molar-refractivity contribution < 1.29 is 22.7 Å². The SMILES string of the molecule is CSc1nc(C)c(CCC(=O)OCC(=O)N[C@]2(C)CCS(=O)(=O)C2)c(C)n1. The Morgan fingerprint density at radius 1 is 1.26 bits per heavy atom. The molecule has 0 aliphatic carbocycles. The van der Waals surface area contributed by atoms with E-state index in [-0.39, 0.29) is 17.9 Å². The fraction of sp³-hybridized carbons (Fsp3) is 0.647. The Labute approximate surface area is 163 Å². The van der Waals surface area contributed by atoms with Crippen molar-refractivity contribution in [2.24, 2.45) is 0 Å². The predicted molar refractivity (Wildman–Crippen MR) is 102 cm³/mol. The zero-order valence-corrected chi connectivity index (χ0v) is 17.6. The van der Waals surface area contributed by atoms with Crippen molar-refractivity contribution in [2.45, 2.75) is 50.7 Å². The van der Waals surface area contributed by atoms with Crippen LogP contribution in [0.15, 0.2) is 5.16 Å². The first kappa shape index (κ1) is 21.6. The molecule has 8 nitrogen and oxygen atoms in total. The number of amides is 1. The van der Waals surface area contributed by atoms with Crippen LogP contribution in [-0.4, -0.2) is 60.2 Å². The lowest BCUT2D eigenvalue weighted by molar-refractivity contribution is -0.148. The van der Waals surface area contributed by atoms with Gasteiger partial charge in [0.2, 0.25) is 0 Å². The van der Waals surface area contributed by atoms with Gasteiger partial charge in [0.25, 0.3) is 5.91 Å². The zero-order valence-electron chi connectivity index (χ0n) is 16.0. The maximum absolute atomic E-state index is 12.0. The molecule has 0 unspecified atom stereocenters. The largest absolute Gasteiger partial charge is 0.456 e. The van der Waals surface area contributed by atoms with Crippen molar-refractivity contribution in [3.8, 4) is 0 Å². The number of hydrogen-bond acceptors (Lipinski definition) is 8. The predicted octanol–water partition coefficient (Wildman–Crippen LogP) is 0.985. The molecule has 2 heterocycles. The Bertz CT molecular complexity index is 818. The molecule has 1 aliphatic rings. The minimum atomic E-state index is -3.12. The first-order chi connectivity index (χ1) is 12.5. The van der Waals surface area contributed by atoms with Crippen LogP contribution in [0.3, 0.4) is 0 Å². The minimum Gasteiger partial charge on any atom is -0.456 e. The van der Waals surface area contributed by atoms with Crippen LogP contribution >= 0.6 is 11.8 Å². The molecule has 0 spiro atoms. The number of aryl methyl sites for hydroxylation is 2. The lowest BCUT2D eigenvalue weighted by Gasteiger charge is -2.23. The van der Waals surface area contributed by atoms with Crippen molar-refractivity contribution in [3.63, 3.8) is 0 Å². The number of hydrogen-bond donors (Lipinski definition) is 1. The molecule has 27 heavy (non-hydrogen) atoms. The molecule has 1 atom stereocenters. The summed E-state index contributed by atoms with van der Waals surface area (Å²) < 4.78 is 28.1. The Morgan fingerprint density at radius 2 is 1.89 bits per heavy atom. The standard InChI is InChI=1S/C17H25N3O5S2/c1-11-13(12(2)19-16(18-11)26-4)5-6-15(22)25-9-14(21)20-17(3)7-8-27(23,24)10-17/h5-10H2,1-4H3,(H,20,21)/t17-/m1/s1. The summed E-state index contributed by atoms with van der Waals surface area (Å²) in [4.78, 5) is 32.6. The number of ether oxygens (including phenoxy) is 1. The summed E-state index contributed by atoms with van der Waals surface area (Å²) in [5, 5.41) is 3.34. The van der Waals surface area contributed by atoms with Crippen molar-refractivity contribution in [2.75, 3.05) is 24.4 Å². The van der Waals surface area contributed by atoms with E-state index in [1.54, 1.807) is 6.92 Å². The van der Waals surface area contributed by atoms with Crippen LogP contribution in [-0.2, 0) is 30.6 Å². The van der Waals surface area contributed by atoms with Crippen molar-refractivity contribution in [3.05, 3.63) is 17.0 Å². The third-order valence-corrected chi connectivity index (χ3v) is 6.92. The Morgan fingerprint density at radius 3 is 2.41 bits per heavy atom. The van der Waals surface area contributed by atoms with Gasteiger partial charge in [-0.1, -0.05) is 11.8 Å². The summed E-state index contributed by atoms with van der Waals surface area (Å²) >= 11 is 1.46. The van der Waals surface area contributed by atoms with Gasteiger partial charge in [-0.15, -0.1) is 0 Å². The molecule has 1 aliphatic heterocycles. The number of rotatable bonds is 7. The molecule has 1 aromatic heterocycles. The van der Waals surface area contributed by atoms with Gasteiger partial charge in [-0.2, -0.15) is 0 Å². The average molecular weight is 416 g/mol. The molecule has 150 valence electrons. The third-order valence-electron chi connectivity index (χ3n) is 4.47. The van der Waals surface area contributed by atoms with Crippen LogP contribution in [0.25, 0.3) is 0 Å². The summed E-state index contributed by atoms with van der Waals surface area (Å²) in [5.74, 6) is -1.03. The van der Waals surface area contributed by atoms with Crippen LogP contribution < -0.4 is 5.32 Å². The quantitative estimate of drug-likeness (QED) is 0.398. The van der Waals surface area contributed by atoms with Crippen LogP contribution in [0.1, 0.15) is 36.7 Å². The fourth-order valence-electron chi connectivity index (χ4n) is 3.09. The summed E-state index contributed by atoms with van der Waals surface area (Å²) in [5.41, 5.74) is 1.76. The highest BCUT2D eigenvalue weighted by Crippen LogP contribution is 2.22. The van der Waals surface area contributed by atoms with E-state index in [1.807, 2.05) is 20.1 Å². The Kier molecular flexibility index (Phi) is 6.85. The number of carbonyl (C=O) groups is 2. The van der Waals surface area contributed by atoms with E-state index < -0.39 is 33.9 Å². The van der Waals surface area contributed by atoms with Gasteiger partial charge in [0.15, 0.2) is 21.6 Å². The number of carbonyl (C=O) groups excluding carboxylic acids is 2. The van der Waals surface area contributed by atoms with Crippen molar-refractivity contribution in [1.29, 1.82) is 0 Å². The number of esters is 1. The highest BCUT2D eigenvalue weighted by atomic mass is 32.2. The number of aromatic nitrogens is 2. The lowest BCUT2D eigenvalue weighted by Crippen LogP contribution is -2.48. The van der Waals surface area contributed by atoms with Gasteiger partial charge < -0.3 is 10.1 Å². The first-order valence-electron chi connectivity index (χ1n) is 8.59. The van der Waals surface area contributed by atoms with Gasteiger partial charge in [-0.25, -0.2) is 18.4 Å². The zero-order chi connectivity index (χ0) is 20.2. The molecule has 1 saturated heterocycles. The molecule has 0 bridgehead atoms. The van der Waals surface area contributed by atoms with Gasteiger partial charge in [-0.3, -0.25) is 9.59 Å². The average Bonchev–Trinajstić information content (AvgIpc) is 2.84. The molecule has 0 aromatic carbocycles. The molecule has 1 N–H and O–H groups in total. The molecule has 1 amide bonds. The Hall–Kier alpha value is -1.68. The summed E-state index contributed by atoms with van der Waals surface area (Å²) in [6, 6.07) is 0. The summed E-state index contributed by atoms with van der Waals surface area (Å²) in [6.07, 6.45) is 2.81. The highest BCUT2D eigenvalue weighted by molar-refractivity contribution is 7.98. The number of thioether (sulfide) groups is 1. The van der Waals surface area contributed by atoms with Crippen LogP contribution in [0.4, 0.5) is 0 Å². The second-order valence-corrected chi connectivity index (χ2v) is 9.93. The smallest absolute Gasteiger partial charge is 0.306 e. The molecule has 2 rings (SSSR count). The monoisotopic (exact) mass is 415 g/mol. The number of sulfone groups is 1. The molecule has 0 radical (unpaired) electrons. The van der Waals surface area contributed by atoms with E-state index in [0.29, 0.717) is 18.0 Å². The normalized spacial score (nSPS) is 21.0. The van der Waals surface area contributed by atoms with Crippen LogP contribution in [0.5, 0.6) is 0 Å². The number of nitrogens with one attached hydrogen (secondary N) is 1. The molecular weight excluding hydrogens is 390 g/mol. The van der Waals surface area contributed by atoms with E-state index in [2.05, 4.69) is 15.3 Å². The van der Waals surface area contributed by atoms with E-state index in [4.69, 9.17) is 4.74 Å². The van der Waals surface area contributed by atoms with E-state index in [9.17, 15) is 18.0 Å². The third kappa shape index (κ3) is 6.17. The fourth-order valence-corrected chi connectivity index (χ4v) is 5.64. The van der Waals surface area contributed by atoms with Gasteiger partial charge in [0.05, 0.1) is 17.0 Å². The van der Waals surface area contributed by atoms with Gasteiger partial charge >= 0.3 is 5.97 Å². The van der Waals surface area contributed by atoms with Crippen LogP contribution in [0, 0.1) is 13.8 Å². The lowest BCUT2D eigenvalue weighted by atomic mass is 10.0. The Balaban J connectivity index is 1.81. The minimum absolute atomic E-state index is 0.0552. The molecular formula is C17H25N3O5S2. The molecule has 0 saturated carbocycles. The summed E-state index contributed by atoms with van der Waals surface area (Å²) in [6.45, 7) is 5.01. The van der Waals surface area contributed by atoms with E-state index >= 15 is 0 Å². The molecule has 1 aromatic rings. The van der Waals surface area contributed by atoms with Gasteiger partial charge in [0, 0.05) is 17.8 Å². The van der Waals surface area contributed by atoms with Crippen molar-refractivity contribution in [1.82, 2.24) is 15.3 Å². The van der Waals surface area contributed by atoms with Crippen LogP contribution in [0.2, 0.25) is 0 Å². The topological polar surface area (TPSA) is 115 Å². The van der Waals surface area contributed by atoms with Gasteiger partial charge in [0.1, 0.15) is 0 Å².